The molecule has 1 fully saturated rings. The third-order valence-electron chi connectivity index (χ3n) is 5.77. The van der Waals surface area contributed by atoms with Crippen LogP contribution in [0.25, 0.3) is 0 Å². The maximum Gasteiger partial charge on any atom is 0.174 e. The van der Waals surface area contributed by atoms with Crippen LogP contribution in [0, 0.1) is 26.6 Å². The van der Waals surface area contributed by atoms with Crippen LogP contribution in [0.5, 0.6) is 0 Å². The molecule has 1 N–H and O–H groups in total. The van der Waals surface area contributed by atoms with Crippen LogP contribution in [0.15, 0.2) is 48.7 Å². The number of pyridine rings is 1. The van der Waals surface area contributed by atoms with Crippen LogP contribution >= 0.6 is 12.2 Å². The average Bonchev–Trinajstić information content (AvgIpc) is 3.20. The van der Waals surface area contributed by atoms with Crippen LogP contribution in [0.1, 0.15) is 47.2 Å². The second-order valence-electron chi connectivity index (χ2n) is 7.50. The van der Waals surface area contributed by atoms with Gasteiger partial charge >= 0.3 is 0 Å². The zero-order valence-electron chi connectivity index (χ0n) is 17.1. The van der Waals surface area contributed by atoms with Crippen molar-refractivity contribution in [3.05, 3.63) is 82.7 Å². The predicted octanol–water partition coefficient (Wildman–Crippen LogP) is 5.14. The summed E-state index contributed by atoms with van der Waals surface area (Å²) in [6, 6.07) is 13.1. The van der Waals surface area contributed by atoms with Crippen molar-refractivity contribution >= 4 is 23.0 Å². The van der Waals surface area contributed by atoms with Crippen molar-refractivity contribution in [1.29, 1.82) is 0 Å². The molecule has 3 heterocycles. The summed E-state index contributed by atoms with van der Waals surface area (Å²) in [6.07, 6.45) is 1.80. The topological polar surface area (TPSA) is 33.1 Å². The van der Waals surface area contributed by atoms with Crippen LogP contribution < -0.4 is 10.2 Å². The van der Waals surface area contributed by atoms with E-state index in [-0.39, 0.29) is 17.9 Å². The smallest absolute Gasteiger partial charge is 0.174 e. The van der Waals surface area contributed by atoms with Gasteiger partial charge in [-0.3, -0.25) is 4.98 Å². The molecule has 4 nitrogen and oxygen atoms in total. The zero-order chi connectivity index (χ0) is 20.7. The standard InChI is InChI=1S/C23H25FN4S/c1-5-27-15(3)13-18(16(27)4)22-21(20-8-6-7-11-25-20)26-23(29)28(22)17-9-10-19(24)14(2)12-17/h6-13,21-22H,5H2,1-4H3,(H,26,29)/t21-,22-/m0/s1. The molecular weight excluding hydrogens is 383 g/mol. The minimum atomic E-state index is -0.214. The lowest BCUT2D eigenvalue weighted by Crippen LogP contribution is -2.29. The van der Waals surface area contributed by atoms with Crippen molar-refractivity contribution in [2.75, 3.05) is 4.90 Å². The van der Waals surface area contributed by atoms with E-state index in [0.717, 1.165) is 17.9 Å². The van der Waals surface area contributed by atoms with Gasteiger partial charge in [0.2, 0.25) is 0 Å². The van der Waals surface area contributed by atoms with E-state index < -0.39 is 0 Å². The van der Waals surface area contributed by atoms with E-state index in [0.29, 0.717) is 10.7 Å². The lowest BCUT2D eigenvalue weighted by molar-refractivity contribution is 0.562. The summed E-state index contributed by atoms with van der Waals surface area (Å²) in [5.41, 5.74) is 6.05. The number of hydrogen-bond acceptors (Lipinski definition) is 2. The fourth-order valence-electron chi connectivity index (χ4n) is 4.34. The second kappa shape index (κ2) is 7.59. The molecule has 1 aromatic carbocycles. The maximum atomic E-state index is 13.9. The Morgan fingerprint density at radius 1 is 1.14 bits per heavy atom. The van der Waals surface area contributed by atoms with Gasteiger partial charge in [0.1, 0.15) is 5.82 Å². The molecule has 3 aromatic rings. The molecule has 6 heteroatoms. The van der Waals surface area contributed by atoms with E-state index >= 15 is 0 Å². The van der Waals surface area contributed by atoms with E-state index in [2.05, 4.69) is 46.6 Å². The second-order valence-corrected chi connectivity index (χ2v) is 7.89. The Morgan fingerprint density at radius 2 is 1.93 bits per heavy atom. The molecule has 0 aliphatic carbocycles. The number of anilines is 1. The number of aryl methyl sites for hydroxylation is 2. The number of aromatic nitrogens is 2. The molecule has 1 saturated heterocycles. The molecular formula is C23H25FN4S. The normalized spacial score (nSPS) is 18.9. The summed E-state index contributed by atoms with van der Waals surface area (Å²) in [5, 5.41) is 4.09. The largest absolute Gasteiger partial charge is 0.351 e. The zero-order valence-corrected chi connectivity index (χ0v) is 17.9. The van der Waals surface area contributed by atoms with Gasteiger partial charge in [0, 0.05) is 29.8 Å². The van der Waals surface area contributed by atoms with Crippen LogP contribution in [0.3, 0.4) is 0 Å². The molecule has 0 radical (unpaired) electrons. The van der Waals surface area contributed by atoms with Crippen molar-refractivity contribution in [2.45, 2.75) is 46.3 Å². The Bertz CT molecular complexity index is 1060. The van der Waals surface area contributed by atoms with E-state index in [1.165, 1.54) is 23.0 Å². The van der Waals surface area contributed by atoms with Crippen molar-refractivity contribution in [3.63, 3.8) is 0 Å². The number of nitrogens with one attached hydrogen (secondary N) is 1. The first-order valence-corrected chi connectivity index (χ1v) is 10.3. The highest BCUT2D eigenvalue weighted by Gasteiger charge is 2.42. The monoisotopic (exact) mass is 408 g/mol. The Kier molecular flexibility index (Phi) is 5.13. The van der Waals surface area contributed by atoms with E-state index in [9.17, 15) is 4.39 Å². The summed E-state index contributed by atoms with van der Waals surface area (Å²) in [5.74, 6) is -0.214. The number of benzene rings is 1. The first kappa shape index (κ1) is 19.6. The van der Waals surface area contributed by atoms with Crippen LogP contribution in [-0.2, 0) is 6.54 Å². The molecule has 4 rings (SSSR count). The van der Waals surface area contributed by atoms with Gasteiger partial charge in [-0.25, -0.2) is 4.39 Å². The highest BCUT2D eigenvalue weighted by molar-refractivity contribution is 7.80. The highest BCUT2D eigenvalue weighted by atomic mass is 32.1. The fraction of sp³-hybridized carbons (Fsp3) is 0.304. The van der Waals surface area contributed by atoms with E-state index in [4.69, 9.17) is 12.2 Å². The number of hydrogen-bond donors (Lipinski definition) is 1. The Labute approximate surface area is 176 Å². The van der Waals surface area contributed by atoms with Gasteiger partial charge in [0.05, 0.1) is 17.8 Å². The molecule has 1 aliphatic heterocycles. The average molecular weight is 409 g/mol. The Hall–Kier alpha value is -2.73. The SMILES string of the molecule is CCn1c(C)cc([C@H]2[C@H](c3ccccn3)NC(=S)N2c2ccc(F)c(C)c2)c1C. The number of rotatable bonds is 4. The Balaban J connectivity index is 1.89. The van der Waals surface area contributed by atoms with Crippen LogP contribution in [-0.4, -0.2) is 14.7 Å². The Morgan fingerprint density at radius 3 is 2.55 bits per heavy atom. The van der Waals surface area contributed by atoms with Gasteiger partial charge in [-0.2, -0.15) is 0 Å². The van der Waals surface area contributed by atoms with E-state index in [1.807, 2.05) is 24.3 Å². The summed E-state index contributed by atoms with van der Waals surface area (Å²) < 4.78 is 16.2. The number of nitrogens with zero attached hydrogens (tertiary/aromatic N) is 3. The molecule has 2 atom stereocenters. The van der Waals surface area contributed by atoms with Crippen molar-refractivity contribution in [2.24, 2.45) is 0 Å². The molecule has 0 spiro atoms. The first-order chi connectivity index (χ1) is 13.9. The minimum Gasteiger partial charge on any atom is -0.351 e. The minimum absolute atomic E-state index is 0.0752. The quantitative estimate of drug-likeness (QED) is 0.606. The molecule has 150 valence electrons. The summed E-state index contributed by atoms with van der Waals surface area (Å²) >= 11 is 5.75. The molecule has 29 heavy (non-hydrogen) atoms. The predicted molar refractivity (Wildman–Crippen MR) is 119 cm³/mol. The summed E-state index contributed by atoms with van der Waals surface area (Å²) in [7, 11) is 0. The summed E-state index contributed by atoms with van der Waals surface area (Å²) in [6.45, 7) is 9.12. The van der Waals surface area contributed by atoms with E-state index in [1.54, 1.807) is 19.2 Å². The summed E-state index contributed by atoms with van der Waals surface area (Å²) in [4.78, 5) is 6.69. The first-order valence-electron chi connectivity index (χ1n) is 9.85. The van der Waals surface area contributed by atoms with Gasteiger partial charge < -0.3 is 14.8 Å². The van der Waals surface area contributed by atoms with Crippen molar-refractivity contribution in [3.8, 4) is 0 Å². The van der Waals surface area contributed by atoms with Gasteiger partial charge in [-0.1, -0.05) is 6.07 Å². The molecule has 0 bridgehead atoms. The van der Waals surface area contributed by atoms with Gasteiger partial charge in [0.15, 0.2) is 5.11 Å². The molecule has 2 aromatic heterocycles. The van der Waals surface area contributed by atoms with Crippen molar-refractivity contribution in [1.82, 2.24) is 14.9 Å². The number of halogens is 1. The van der Waals surface area contributed by atoms with Crippen LogP contribution in [0.2, 0.25) is 0 Å². The van der Waals surface area contributed by atoms with Crippen LogP contribution in [0.4, 0.5) is 10.1 Å². The van der Waals surface area contributed by atoms with Gasteiger partial charge in [-0.05, 0) is 87.4 Å². The molecule has 0 unspecified atom stereocenters. The lowest BCUT2D eigenvalue weighted by atomic mass is 9.96. The third kappa shape index (κ3) is 3.31. The van der Waals surface area contributed by atoms with Gasteiger partial charge in [0.25, 0.3) is 0 Å². The number of thiocarbonyl (C=S) groups is 1. The molecule has 0 amide bonds. The van der Waals surface area contributed by atoms with Crippen molar-refractivity contribution < 1.29 is 4.39 Å². The lowest BCUT2D eigenvalue weighted by Gasteiger charge is -2.28. The highest BCUT2D eigenvalue weighted by Crippen LogP contribution is 2.43. The maximum absolute atomic E-state index is 13.9. The third-order valence-corrected chi connectivity index (χ3v) is 6.08. The molecule has 1 aliphatic rings. The van der Waals surface area contributed by atoms with Gasteiger partial charge in [-0.15, -0.1) is 0 Å². The molecule has 0 saturated carbocycles. The fourth-order valence-corrected chi connectivity index (χ4v) is 4.69.